The Bertz CT molecular complexity index is 1060. The molecule has 0 aromatic rings. The van der Waals surface area contributed by atoms with Crippen LogP contribution in [0.25, 0.3) is 0 Å². The van der Waals surface area contributed by atoms with Crippen LogP contribution in [-0.2, 0) is 33.2 Å². The largest absolute Gasteiger partial charge is 0.457 e. The highest BCUT2D eigenvalue weighted by Crippen LogP contribution is 2.26. The second-order valence-electron chi connectivity index (χ2n) is 17.3. The standard InChI is InChI=1S/C47H88O14/c1-3-5-7-9-11-13-15-17-19-21-23-25-27-29-31-56-33-36(59-39(49)30-28-26-24-22-20-18-16-14-12-10-8-6-4-2)34-57-46-45(55)43(53)41(51)38(61-46)35-58-47-44(54)42(52)40(50)37(32-48)60-47/h13,15,36-38,40-48,50-55H,3-12,14,16-35H2,1-2H3/b15-13-. The van der Waals surface area contributed by atoms with Gasteiger partial charge in [0.2, 0.25) is 0 Å². The Morgan fingerprint density at radius 1 is 0.525 bits per heavy atom. The van der Waals surface area contributed by atoms with E-state index in [1.165, 1.54) is 109 Å². The van der Waals surface area contributed by atoms with E-state index in [1.54, 1.807) is 0 Å². The molecule has 2 fully saturated rings. The average Bonchev–Trinajstić information content (AvgIpc) is 3.25. The summed E-state index contributed by atoms with van der Waals surface area (Å²) in [5, 5.41) is 72.0. The van der Waals surface area contributed by atoms with Crippen molar-refractivity contribution in [1.29, 1.82) is 0 Å². The van der Waals surface area contributed by atoms with Gasteiger partial charge in [0.1, 0.15) is 54.9 Å². The SMILES string of the molecule is CCCCCC/C=C\CCCCCCCCOCC(COC1OC(COC2OC(CO)C(O)C(O)C2O)C(O)C(O)C1O)OC(=O)CCCCCCCCCCCCCCC. The van der Waals surface area contributed by atoms with E-state index in [4.69, 9.17) is 28.4 Å². The molecule has 360 valence electrons. The van der Waals surface area contributed by atoms with E-state index in [2.05, 4.69) is 26.0 Å². The lowest BCUT2D eigenvalue weighted by atomic mass is 9.98. The molecule has 0 aromatic carbocycles. The molecule has 0 spiro atoms. The molecule has 0 aliphatic carbocycles. The van der Waals surface area contributed by atoms with Crippen molar-refractivity contribution in [2.45, 2.75) is 248 Å². The number of unbranched alkanes of at least 4 members (excludes halogenated alkanes) is 22. The maximum atomic E-state index is 13.0. The number of esters is 1. The summed E-state index contributed by atoms with van der Waals surface area (Å²) in [7, 11) is 0. The van der Waals surface area contributed by atoms with E-state index < -0.39 is 80.7 Å². The van der Waals surface area contributed by atoms with Gasteiger partial charge in [-0.25, -0.2) is 0 Å². The molecule has 0 radical (unpaired) electrons. The molecular formula is C47H88O14. The minimum atomic E-state index is -1.70. The van der Waals surface area contributed by atoms with Gasteiger partial charge in [0.15, 0.2) is 12.6 Å². The van der Waals surface area contributed by atoms with Gasteiger partial charge in [-0.3, -0.25) is 4.79 Å². The summed E-state index contributed by atoms with van der Waals surface area (Å²) in [6.07, 6.45) is 18.4. The molecule has 0 aromatic heterocycles. The second kappa shape index (κ2) is 36.0. The molecule has 61 heavy (non-hydrogen) atoms. The van der Waals surface area contributed by atoms with Crippen LogP contribution in [0, 0.1) is 0 Å². The Hall–Kier alpha value is -1.27. The van der Waals surface area contributed by atoms with Crippen LogP contribution in [0.1, 0.15) is 181 Å². The van der Waals surface area contributed by atoms with Gasteiger partial charge in [0, 0.05) is 13.0 Å². The average molecular weight is 877 g/mol. The lowest BCUT2D eigenvalue weighted by Crippen LogP contribution is -2.61. The highest BCUT2D eigenvalue weighted by Gasteiger charge is 2.47. The molecular weight excluding hydrogens is 789 g/mol. The monoisotopic (exact) mass is 877 g/mol. The van der Waals surface area contributed by atoms with Gasteiger partial charge in [-0.15, -0.1) is 0 Å². The van der Waals surface area contributed by atoms with Crippen molar-refractivity contribution in [2.24, 2.45) is 0 Å². The zero-order valence-corrected chi connectivity index (χ0v) is 37.9. The Morgan fingerprint density at radius 3 is 1.51 bits per heavy atom. The van der Waals surface area contributed by atoms with Crippen molar-refractivity contribution in [3.05, 3.63) is 12.2 Å². The summed E-state index contributed by atoms with van der Waals surface area (Å²) in [5.74, 6) is -0.377. The van der Waals surface area contributed by atoms with Crippen molar-refractivity contribution in [3.63, 3.8) is 0 Å². The van der Waals surface area contributed by atoms with E-state index >= 15 is 0 Å². The van der Waals surface area contributed by atoms with Gasteiger partial charge >= 0.3 is 5.97 Å². The summed E-state index contributed by atoms with van der Waals surface area (Å²) in [6, 6.07) is 0. The second-order valence-corrected chi connectivity index (χ2v) is 17.3. The van der Waals surface area contributed by atoms with Crippen molar-refractivity contribution < 1.29 is 69.0 Å². The van der Waals surface area contributed by atoms with E-state index in [-0.39, 0.29) is 25.6 Å². The Kier molecular flexibility index (Phi) is 33.0. The normalized spacial score (nSPS) is 27.5. The minimum absolute atomic E-state index is 0.0623. The predicted molar refractivity (Wildman–Crippen MR) is 234 cm³/mol. The third kappa shape index (κ3) is 24.6. The molecule has 0 amide bonds. The summed E-state index contributed by atoms with van der Waals surface area (Å²) >= 11 is 0. The highest BCUT2D eigenvalue weighted by atomic mass is 16.7. The van der Waals surface area contributed by atoms with E-state index in [1.807, 2.05) is 0 Å². The molecule has 14 heteroatoms. The zero-order valence-electron chi connectivity index (χ0n) is 37.9. The molecule has 2 aliphatic rings. The van der Waals surface area contributed by atoms with Crippen LogP contribution in [0.3, 0.4) is 0 Å². The van der Waals surface area contributed by atoms with Crippen LogP contribution in [-0.4, -0.2) is 142 Å². The number of hydrogen-bond donors (Lipinski definition) is 7. The molecule has 11 unspecified atom stereocenters. The molecule has 11 atom stereocenters. The van der Waals surface area contributed by atoms with Crippen molar-refractivity contribution in [2.75, 3.05) is 33.0 Å². The van der Waals surface area contributed by atoms with E-state index in [0.717, 1.165) is 44.9 Å². The lowest BCUT2D eigenvalue weighted by molar-refractivity contribution is -0.332. The molecule has 14 nitrogen and oxygen atoms in total. The first-order valence-corrected chi connectivity index (χ1v) is 24.3. The number of carbonyl (C=O) groups excluding carboxylic acids is 1. The van der Waals surface area contributed by atoms with Crippen LogP contribution < -0.4 is 0 Å². The van der Waals surface area contributed by atoms with Crippen LogP contribution in [0.4, 0.5) is 0 Å². The maximum Gasteiger partial charge on any atom is 0.306 e. The zero-order chi connectivity index (χ0) is 44.5. The Morgan fingerprint density at radius 2 is 0.967 bits per heavy atom. The number of aliphatic hydroxyl groups excluding tert-OH is 7. The number of rotatable bonds is 38. The fraction of sp³-hybridized carbons (Fsp3) is 0.936. The number of carbonyl (C=O) groups is 1. The molecule has 2 saturated heterocycles. The summed E-state index contributed by atoms with van der Waals surface area (Å²) in [5.41, 5.74) is 0. The minimum Gasteiger partial charge on any atom is -0.457 e. The molecule has 0 saturated carbocycles. The van der Waals surface area contributed by atoms with Gasteiger partial charge in [0.05, 0.1) is 26.4 Å². The Balaban J connectivity index is 1.80. The molecule has 0 bridgehead atoms. The quantitative estimate of drug-likeness (QED) is 0.0206. The lowest BCUT2D eigenvalue weighted by Gasteiger charge is -2.42. The van der Waals surface area contributed by atoms with Gasteiger partial charge in [0.25, 0.3) is 0 Å². The van der Waals surface area contributed by atoms with Crippen LogP contribution in [0.5, 0.6) is 0 Å². The number of hydrogen-bond acceptors (Lipinski definition) is 14. The van der Waals surface area contributed by atoms with Gasteiger partial charge < -0.3 is 64.2 Å². The number of aliphatic hydroxyl groups is 7. The molecule has 2 heterocycles. The molecule has 7 N–H and O–H groups in total. The fourth-order valence-electron chi connectivity index (χ4n) is 7.75. The fourth-order valence-corrected chi connectivity index (χ4v) is 7.75. The first kappa shape index (κ1) is 55.9. The van der Waals surface area contributed by atoms with Crippen LogP contribution in [0.15, 0.2) is 12.2 Å². The van der Waals surface area contributed by atoms with Crippen molar-refractivity contribution >= 4 is 5.97 Å². The topological polar surface area (TPSA) is 214 Å². The molecule has 2 aliphatic heterocycles. The first-order chi connectivity index (χ1) is 29.6. The number of allylic oxidation sites excluding steroid dienone is 2. The predicted octanol–water partition coefficient (Wildman–Crippen LogP) is 6.29. The van der Waals surface area contributed by atoms with E-state index in [0.29, 0.717) is 13.0 Å². The third-order valence-corrected chi connectivity index (χ3v) is 11.8. The maximum absolute atomic E-state index is 13.0. The van der Waals surface area contributed by atoms with Gasteiger partial charge in [-0.05, 0) is 38.5 Å². The highest BCUT2D eigenvalue weighted by molar-refractivity contribution is 5.69. The van der Waals surface area contributed by atoms with Crippen LogP contribution in [0.2, 0.25) is 0 Å². The molecule has 2 rings (SSSR count). The third-order valence-electron chi connectivity index (χ3n) is 11.8. The first-order valence-electron chi connectivity index (χ1n) is 24.3. The summed E-state index contributed by atoms with van der Waals surface area (Å²) < 4.78 is 34.2. The van der Waals surface area contributed by atoms with E-state index in [9.17, 15) is 40.5 Å². The summed E-state index contributed by atoms with van der Waals surface area (Å²) in [6.45, 7) is 3.67. The van der Waals surface area contributed by atoms with Crippen molar-refractivity contribution in [1.82, 2.24) is 0 Å². The van der Waals surface area contributed by atoms with Crippen molar-refractivity contribution in [3.8, 4) is 0 Å². The van der Waals surface area contributed by atoms with Crippen LogP contribution >= 0.6 is 0 Å². The summed E-state index contributed by atoms with van der Waals surface area (Å²) in [4.78, 5) is 13.0. The smallest absolute Gasteiger partial charge is 0.306 e. The Labute approximate surface area is 367 Å². The number of ether oxygens (including phenoxy) is 6. The van der Waals surface area contributed by atoms with Gasteiger partial charge in [-0.2, -0.15) is 0 Å². The van der Waals surface area contributed by atoms with Gasteiger partial charge in [-0.1, -0.05) is 148 Å².